The summed E-state index contributed by atoms with van der Waals surface area (Å²) in [5, 5.41) is 2.06. The van der Waals surface area contributed by atoms with E-state index in [2.05, 4.69) is 15.9 Å². The zero-order valence-corrected chi connectivity index (χ0v) is 15.0. The van der Waals surface area contributed by atoms with Crippen LogP contribution in [0.15, 0.2) is 89.4 Å². The van der Waals surface area contributed by atoms with Crippen molar-refractivity contribution in [2.24, 2.45) is 0 Å². The Morgan fingerprint density at radius 1 is 0.833 bits per heavy atom. The normalized spacial score (nSPS) is 12.4. The van der Waals surface area contributed by atoms with Crippen LogP contribution < -0.4 is 0 Å². The van der Waals surface area contributed by atoms with Gasteiger partial charge in [-0.05, 0) is 45.5 Å². The van der Waals surface area contributed by atoms with E-state index < -0.39 is 0 Å². The number of halogens is 1. The summed E-state index contributed by atoms with van der Waals surface area (Å²) in [4.78, 5) is 12.7. The van der Waals surface area contributed by atoms with E-state index in [0.29, 0.717) is 0 Å². The van der Waals surface area contributed by atoms with E-state index in [1.54, 1.807) is 6.08 Å². The van der Waals surface area contributed by atoms with Crippen LogP contribution in [0.1, 0.15) is 22.8 Å². The molecule has 2 heteroatoms. The molecule has 0 unspecified atom stereocenters. The number of fused-ring (bicyclic) bond motifs is 1. The molecule has 24 heavy (non-hydrogen) atoms. The molecule has 0 fully saturated rings. The minimum absolute atomic E-state index is 0.00832. The molecule has 118 valence electrons. The van der Waals surface area contributed by atoms with Gasteiger partial charge < -0.3 is 0 Å². The largest absolute Gasteiger partial charge is 0.289 e. The second-order valence-electron chi connectivity index (χ2n) is 5.54. The predicted molar refractivity (Wildman–Crippen MR) is 105 cm³/mol. The van der Waals surface area contributed by atoms with E-state index in [9.17, 15) is 4.79 Å². The smallest absolute Gasteiger partial charge is 0.186 e. The standard InChI is InChI=1S/C22H17BrO/c1-16(23)19(17-8-3-2-4-9-17)14-15-22(24)21-13-7-11-18-10-5-6-12-20(18)21/h2-15H,1H3/b15-14+,19-16-. The minimum Gasteiger partial charge on any atom is -0.289 e. The van der Waals surface area contributed by atoms with Gasteiger partial charge in [0.25, 0.3) is 0 Å². The zero-order chi connectivity index (χ0) is 16.9. The molecule has 0 saturated heterocycles. The number of carbonyl (C=O) groups excluding carboxylic acids is 1. The summed E-state index contributed by atoms with van der Waals surface area (Å²) < 4.78 is 0.996. The molecule has 0 atom stereocenters. The molecular formula is C22H17BrO. The van der Waals surface area contributed by atoms with Crippen molar-refractivity contribution in [2.75, 3.05) is 0 Å². The number of allylic oxidation sites excluding steroid dienone is 4. The maximum atomic E-state index is 12.7. The molecule has 3 aromatic carbocycles. The number of hydrogen-bond acceptors (Lipinski definition) is 1. The lowest BCUT2D eigenvalue weighted by molar-refractivity contribution is 0.104. The van der Waals surface area contributed by atoms with Gasteiger partial charge in [0.15, 0.2) is 5.78 Å². The van der Waals surface area contributed by atoms with Crippen molar-refractivity contribution in [1.29, 1.82) is 0 Å². The van der Waals surface area contributed by atoms with Gasteiger partial charge in [-0.1, -0.05) is 88.7 Å². The Morgan fingerprint density at radius 2 is 1.50 bits per heavy atom. The number of hydrogen-bond donors (Lipinski definition) is 0. The number of carbonyl (C=O) groups is 1. The Kier molecular flexibility index (Phi) is 5.07. The van der Waals surface area contributed by atoms with Gasteiger partial charge in [0.1, 0.15) is 0 Å². The highest BCUT2D eigenvalue weighted by atomic mass is 79.9. The van der Waals surface area contributed by atoms with Crippen molar-refractivity contribution >= 4 is 38.1 Å². The van der Waals surface area contributed by atoms with Gasteiger partial charge in [0.05, 0.1) is 0 Å². The molecule has 3 rings (SSSR count). The highest BCUT2D eigenvalue weighted by Gasteiger charge is 2.07. The van der Waals surface area contributed by atoms with E-state index in [1.807, 2.05) is 85.8 Å². The van der Waals surface area contributed by atoms with Gasteiger partial charge in [0.2, 0.25) is 0 Å². The fraction of sp³-hybridized carbons (Fsp3) is 0.0455. The third-order valence-electron chi connectivity index (χ3n) is 3.91. The molecule has 1 nitrogen and oxygen atoms in total. The summed E-state index contributed by atoms with van der Waals surface area (Å²) in [6.07, 6.45) is 3.53. The quantitative estimate of drug-likeness (QED) is 0.292. The lowest BCUT2D eigenvalue weighted by Gasteiger charge is -2.05. The Bertz CT molecular complexity index is 927. The molecule has 3 aromatic rings. The van der Waals surface area contributed by atoms with Gasteiger partial charge in [0, 0.05) is 5.56 Å². The molecule has 0 N–H and O–H groups in total. The predicted octanol–water partition coefficient (Wildman–Crippen LogP) is 6.40. The van der Waals surface area contributed by atoms with E-state index >= 15 is 0 Å². The second-order valence-corrected chi connectivity index (χ2v) is 6.73. The van der Waals surface area contributed by atoms with Crippen LogP contribution in [0.4, 0.5) is 0 Å². The summed E-state index contributed by atoms with van der Waals surface area (Å²) in [6.45, 7) is 1.98. The highest BCUT2D eigenvalue weighted by Crippen LogP contribution is 2.25. The van der Waals surface area contributed by atoms with Crippen molar-refractivity contribution in [1.82, 2.24) is 0 Å². The summed E-state index contributed by atoms with van der Waals surface area (Å²) >= 11 is 3.54. The van der Waals surface area contributed by atoms with Crippen LogP contribution in [0.3, 0.4) is 0 Å². The van der Waals surface area contributed by atoms with Crippen molar-refractivity contribution in [3.8, 4) is 0 Å². The third kappa shape index (κ3) is 3.55. The molecule has 0 spiro atoms. The van der Waals surface area contributed by atoms with Crippen LogP contribution in [-0.2, 0) is 0 Å². The maximum Gasteiger partial charge on any atom is 0.186 e. The van der Waals surface area contributed by atoms with Crippen LogP contribution in [0, 0.1) is 0 Å². The Labute approximate surface area is 150 Å². The second kappa shape index (κ2) is 7.41. The number of benzene rings is 3. The zero-order valence-electron chi connectivity index (χ0n) is 13.4. The van der Waals surface area contributed by atoms with E-state index in [1.165, 1.54) is 0 Å². The van der Waals surface area contributed by atoms with Gasteiger partial charge in [-0.25, -0.2) is 0 Å². The molecule has 0 aliphatic carbocycles. The van der Waals surface area contributed by atoms with Crippen molar-refractivity contribution in [2.45, 2.75) is 6.92 Å². The molecule has 0 saturated carbocycles. The lowest BCUT2D eigenvalue weighted by Crippen LogP contribution is -1.96. The Hall–Kier alpha value is -2.45. The first-order valence-corrected chi connectivity index (χ1v) is 8.58. The summed E-state index contributed by atoms with van der Waals surface area (Å²) in [7, 11) is 0. The molecule has 0 aromatic heterocycles. The highest BCUT2D eigenvalue weighted by molar-refractivity contribution is 9.11. The van der Waals surface area contributed by atoms with Crippen LogP contribution in [0.5, 0.6) is 0 Å². The average molecular weight is 377 g/mol. The topological polar surface area (TPSA) is 17.1 Å². The maximum absolute atomic E-state index is 12.7. The number of rotatable bonds is 4. The molecule has 0 aliphatic rings. The van der Waals surface area contributed by atoms with Gasteiger partial charge >= 0.3 is 0 Å². The monoisotopic (exact) mass is 376 g/mol. The third-order valence-corrected chi connectivity index (χ3v) is 4.34. The van der Waals surface area contributed by atoms with E-state index in [0.717, 1.165) is 32.0 Å². The molecular weight excluding hydrogens is 360 g/mol. The average Bonchev–Trinajstić information content (AvgIpc) is 2.62. The minimum atomic E-state index is 0.00832. The van der Waals surface area contributed by atoms with Gasteiger partial charge in [-0.3, -0.25) is 4.79 Å². The first kappa shape index (κ1) is 16.4. The van der Waals surface area contributed by atoms with Gasteiger partial charge in [-0.15, -0.1) is 0 Å². The summed E-state index contributed by atoms with van der Waals surface area (Å²) in [5.41, 5.74) is 2.81. The summed E-state index contributed by atoms with van der Waals surface area (Å²) in [5.74, 6) is 0.00832. The Balaban J connectivity index is 1.96. The van der Waals surface area contributed by atoms with Crippen molar-refractivity contribution in [3.05, 3.63) is 101 Å². The lowest BCUT2D eigenvalue weighted by atomic mass is 9.99. The van der Waals surface area contributed by atoms with E-state index in [-0.39, 0.29) is 5.78 Å². The molecule has 0 aliphatic heterocycles. The van der Waals surface area contributed by atoms with Crippen molar-refractivity contribution in [3.63, 3.8) is 0 Å². The van der Waals surface area contributed by atoms with Crippen LogP contribution >= 0.6 is 15.9 Å². The van der Waals surface area contributed by atoms with Crippen LogP contribution in [0.2, 0.25) is 0 Å². The van der Waals surface area contributed by atoms with Crippen molar-refractivity contribution < 1.29 is 4.79 Å². The Morgan fingerprint density at radius 3 is 2.25 bits per heavy atom. The van der Waals surface area contributed by atoms with E-state index in [4.69, 9.17) is 0 Å². The van der Waals surface area contributed by atoms with Crippen LogP contribution in [0.25, 0.3) is 16.3 Å². The molecule has 0 bridgehead atoms. The SMILES string of the molecule is C/C(Br)=C(\C=C\C(=O)c1cccc2ccccc12)c1ccccc1. The van der Waals surface area contributed by atoms with Gasteiger partial charge in [-0.2, -0.15) is 0 Å². The fourth-order valence-electron chi connectivity index (χ4n) is 2.72. The first-order chi connectivity index (χ1) is 11.7. The molecule has 0 amide bonds. The van der Waals surface area contributed by atoms with Crippen LogP contribution in [-0.4, -0.2) is 5.78 Å². The summed E-state index contributed by atoms with van der Waals surface area (Å²) in [6, 6.07) is 23.8. The molecule has 0 heterocycles. The first-order valence-electron chi connectivity index (χ1n) is 7.79. The molecule has 0 radical (unpaired) electrons. The fourth-order valence-corrected chi connectivity index (χ4v) is 3.08. The number of ketones is 1.